The lowest BCUT2D eigenvalue weighted by molar-refractivity contribution is 0.0754. The van der Waals surface area contributed by atoms with E-state index >= 15 is 0 Å². The molecule has 0 radical (unpaired) electrons. The summed E-state index contributed by atoms with van der Waals surface area (Å²) in [6.07, 6.45) is 10.9. The quantitative estimate of drug-likeness (QED) is 0.481. The average molecular weight is 424 g/mol. The molecule has 32 heavy (non-hydrogen) atoms. The molecule has 0 unspecified atom stereocenters. The first-order valence-corrected chi connectivity index (χ1v) is 11.1. The Balaban J connectivity index is 1.28. The van der Waals surface area contributed by atoms with Crippen LogP contribution in [0.15, 0.2) is 73.4 Å². The van der Waals surface area contributed by atoms with Gasteiger partial charge in [-0.2, -0.15) is 0 Å². The summed E-state index contributed by atoms with van der Waals surface area (Å²) in [5.41, 5.74) is 4.39. The van der Waals surface area contributed by atoms with E-state index in [4.69, 9.17) is 0 Å². The molecule has 6 heteroatoms. The lowest BCUT2D eigenvalue weighted by atomic mass is 9.91. The number of carbonyl (C=O) groups excluding carboxylic acids is 1. The number of fused-ring (bicyclic) bond motifs is 1. The van der Waals surface area contributed by atoms with Gasteiger partial charge in [-0.25, -0.2) is 15.0 Å². The van der Waals surface area contributed by atoms with Gasteiger partial charge in [0.1, 0.15) is 12.0 Å². The zero-order valence-electron chi connectivity index (χ0n) is 17.9. The molecule has 5 rings (SSSR count). The maximum absolute atomic E-state index is 13.2. The van der Waals surface area contributed by atoms with E-state index in [1.807, 2.05) is 29.3 Å². The number of nitrogens with zero attached hydrogens (tertiary/aromatic N) is 5. The summed E-state index contributed by atoms with van der Waals surface area (Å²) in [4.78, 5) is 32.3. The minimum absolute atomic E-state index is 0.00119. The molecule has 0 N–H and O–H groups in total. The molecule has 6 nitrogen and oxygen atoms in total. The molecule has 0 spiro atoms. The smallest absolute Gasteiger partial charge is 0.272 e. The number of hydrogen-bond donors (Lipinski definition) is 0. The molecule has 4 aromatic rings. The molecular formula is C26H25N5O. The fourth-order valence-electron chi connectivity index (χ4n) is 4.54. The first-order valence-electron chi connectivity index (χ1n) is 11.1. The van der Waals surface area contributed by atoms with Crippen LogP contribution >= 0.6 is 0 Å². The average Bonchev–Trinajstić information content (AvgIpc) is 3.10. The van der Waals surface area contributed by atoms with E-state index in [0.717, 1.165) is 49.9 Å². The van der Waals surface area contributed by atoms with Crippen molar-refractivity contribution in [3.05, 3.63) is 84.7 Å². The molecule has 0 aliphatic carbocycles. The summed E-state index contributed by atoms with van der Waals surface area (Å²) in [7, 11) is 0. The molecule has 0 saturated carbocycles. The van der Waals surface area contributed by atoms with Gasteiger partial charge in [0.2, 0.25) is 0 Å². The summed E-state index contributed by atoms with van der Waals surface area (Å²) >= 11 is 0. The lowest BCUT2D eigenvalue weighted by Gasteiger charge is -2.20. The number of hydrogen-bond acceptors (Lipinski definition) is 5. The standard InChI is InChI=1S/C26H25N5O/c32-26(25-10-2-8-23(30-25)21-16-27-18-28-17-21)31-13-4-5-19(11-14-31)15-20-6-1-9-24-22(20)7-3-12-29-24/h1-3,6-10,12,16-19H,4-5,11,13-15H2/t19-/m0/s1. The van der Waals surface area contributed by atoms with Crippen LogP contribution in [-0.4, -0.2) is 43.8 Å². The second-order valence-corrected chi connectivity index (χ2v) is 8.32. The van der Waals surface area contributed by atoms with E-state index in [1.54, 1.807) is 18.5 Å². The molecule has 160 valence electrons. The van der Waals surface area contributed by atoms with Crippen LogP contribution in [0.4, 0.5) is 0 Å². The highest BCUT2D eigenvalue weighted by Gasteiger charge is 2.23. The third-order valence-corrected chi connectivity index (χ3v) is 6.20. The van der Waals surface area contributed by atoms with Crippen LogP contribution in [0, 0.1) is 5.92 Å². The molecule has 1 saturated heterocycles. The molecular weight excluding hydrogens is 398 g/mol. The minimum Gasteiger partial charge on any atom is -0.337 e. The van der Waals surface area contributed by atoms with Crippen molar-refractivity contribution >= 4 is 16.8 Å². The van der Waals surface area contributed by atoms with E-state index in [9.17, 15) is 4.79 Å². The van der Waals surface area contributed by atoms with Crippen molar-refractivity contribution in [3.8, 4) is 11.3 Å². The predicted molar refractivity (Wildman–Crippen MR) is 124 cm³/mol. The van der Waals surface area contributed by atoms with Crippen molar-refractivity contribution in [3.63, 3.8) is 0 Å². The van der Waals surface area contributed by atoms with Crippen LogP contribution in [0.2, 0.25) is 0 Å². The summed E-state index contributed by atoms with van der Waals surface area (Å²) in [5, 5.41) is 1.23. The SMILES string of the molecule is O=C(c1cccc(-c2cncnc2)n1)N1CCC[C@H](Cc2cccc3ncccc23)CC1. The largest absolute Gasteiger partial charge is 0.337 e. The Kier molecular flexibility index (Phi) is 5.83. The van der Waals surface area contributed by atoms with Crippen molar-refractivity contribution in [2.75, 3.05) is 13.1 Å². The first-order chi connectivity index (χ1) is 15.8. The van der Waals surface area contributed by atoms with Gasteiger partial charge in [0.15, 0.2) is 0 Å². The van der Waals surface area contributed by atoms with Crippen molar-refractivity contribution in [1.82, 2.24) is 24.8 Å². The Labute approximate surface area is 187 Å². The molecule has 1 aromatic carbocycles. The highest BCUT2D eigenvalue weighted by molar-refractivity contribution is 5.92. The van der Waals surface area contributed by atoms with E-state index in [2.05, 4.69) is 44.2 Å². The second-order valence-electron chi connectivity index (χ2n) is 8.32. The van der Waals surface area contributed by atoms with Gasteiger partial charge in [-0.15, -0.1) is 0 Å². The fraction of sp³-hybridized carbons (Fsp3) is 0.269. The zero-order valence-corrected chi connectivity index (χ0v) is 17.9. The number of likely N-dealkylation sites (tertiary alicyclic amines) is 1. The minimum atomic E-state index is -0.00119. The Hall–Kier alpha value is -3.67. The van der Waals surface area contributed by atoms with Gasteiger partial charge < -0.3 is 4.90 Å². The highest BCUT2D eigenvalue weighted by atomic mass is 16.2. The third kappa shape index (κ3) is 4.35. The van der Waals surface area contributed by atoms with E-state index in [0.29, 0.717) is 17.3 Å². The van der Waals surface area contributed by atoms with Crippen LogP contribution in [0.25, 0.3) is 22.2 Å². The number of aromatic nitrogens is 4. The maximum Gasteiger partial charge on any atom is 0.272 e. The van der Waals surface area contributed by atoms with Gasteiger partial charge in [0, 0.05) is 42.6 Å². The van der Waals surface area contributed by atoms with E-state index in [1.165, 1.54) is 17.3 Å². The normalized spacial score (nSPS) is 16.6. The topological polar surface area (TPSA) is 71.9 Å². The number of amides is 1. The van der Waals surface area contributed by atoms with Crippen LogP contribution < -0.4 is 0 Å². The molecule has 1 aliphatic heterocycles. The Morgan fingerprint density at radius 2 is 1.84 bits per heavy atom. The number of rotatable bonds is 4. The number of benzene rings is 1. The van der Waals surface area contributed by atoms with Gasteiger partial charge in [0.05, 0.1) is 11.2 Å². The van der Waals surface area contributed by atoms with Gasteiger partial charge >= 0.3 is 0 Å². The maximum atomic E-state index is 13.2. The molecule has 1 amide bonds. The van der Waals surface area contributed by atoms with Crippen molar-refractivity contribution < 1.29 is 4.79 Å². The third-order valence-electron chi connectivity index (χ3n) is 6.20. The molecule has 3 aromatic heterocycles. The van der Waals surface area contributed by atoms with E-state index in [-0.39, 0.29) is 5.91 Å². The van der Waals surface area contributed by atoms with Gasteiger partial charge in [0.25, 0.3) is 5.91 Å². The van der Waals surface area contributed by atoms with Crippen LogP contribution in [0.3, 0.4) is 0 Å². The van der Waals surface area contributed by atoms with E-state index < -0.39 is 0 Å². The van der Waals surface area contributed by atoms with Gasteiger partial charge in [-0.05, 0) is 61.4 Å². The van der Waals surface area contributed by atoms with Crippen LogP contribution in [0.1, 0.15) is 35.3 Å². The summed E-state index contributed by atoms with van der Waals surface area (Å²) in [6.45, 7) is 1.53. The Morgan fingerprint density at radius 1 is 0.969 bits per heavy atom. The summed E-state index contributed by atoms with van der Waals surface area (Å²) in [6, 6.07) is 16.1. The fourth-order valence-corrected chi connectivity index (χ4v) is 4.54. The molecule has 1 aliphatic rings. The monoisotopic (exact) mass is 423 g/mol. The molecule has 4 heterocycles. The van der Waals surface area contributed by atoms with Gasteiger partial charge in [-0.3, -0.25) is 9.78 Å². The number of pyridine rings is 2. The molecule has 1 fully saturated rings. The summed E-state index contributed by atoms with van der Waals surface area (Å²) in [5.74, 6) is 0.554. The zero-order chi connectivity index (χ0) is 21.8. The lowest BCUT2D eigenvalue weighted by Crippen LogP contribution is -2.32. The van der Waals surface area contributed by atoms with Crippen molar-refractivity contribution in [2.24, 2.45) is 5.92 Å². The molecule has 0 bridgehead atoms. The Morgan fingerprint density at radius 3 is 2.75 bits per heavy atom. The van der Waals surface area contributed by atoms with Crippen LogP contribution in [0.5, 0.6) is 0 Å². The second kappa shape index (κ2) is 9.22. The van der Waals surface area contributed by atoms with Crippen molar-refractivity contribution in [1.29, 1.82) is 0 Å². The summed E-state index contributed by atoms with van der Waals surface area (Å²) < 4.78 is 0. The van der Waals surface area contributed by atoms with Crippen molar-refractivity contribution in [2.45, 2.75) is 25.7 Å². The Bertz CT molecular complexity index is 1220. The first kappa shape index (κ1) is 20.2. The highest BCUT2D eigenvalue weighted by Crippen LogP contribution is 2.26. The van der Waals surface area contributed by atoms with Crippen LogP contribution in [-0.2, 0) is 6.42 Å². The molecule has 1 atom stereocenters. The number of carbonyl (C=O) groups is 1. The van der Waals surface area contributed by atoms with Gasteiger partial charge in [-0.1, -0.05) is 24.3 Å². The predicted octanol–water partition coefficient (Wildman–Crippen LogP) is 4.57.